The minimum atomic E-state index is -1.12. The lowest BCUT2D eigenvalue weighted by atomic mass is 10.1. The number of nitrogens with zero attached hydrogens (tertiary/aromatic N) is 3. The number of carboxylic acid groups (broad SMARTS) is 1. The Bertz CT molecular complexity index is 546. The minimum absolute atomic E-state index is 0.194. The first-order chi connectivity index (χ1) is 7.58. The maximum atomic E-state index is 10.6. The number of aryl methyl sites for hydroxylation is 2. The van der Waals surface area contributed by atoms with Gasteiger partial charge in [0.2, 0.25) is 0 Å². The molecule has 16 heavy (non-hydrogen) atoms. The van der Waals surface area contributed by atoms with Crippen molar-refractivity contribution >= 4 is 5.97 Å². The largest absolute Gasteiger partial charge is 0.475 e. The first-order valence-corrected chi connectivity index (χ1v) is 4.80. The molecule has 0 aliphatic carbocycles. The van der Waals surface area contributed by atoms with Gasteiger partial charge >= 0.3 is 5.97 Å². The molecular formula is C11H11N3O2. The van der Waals surface area contributed by atoms with Gasteiger partial charge in [0.05, 0.1) is 5.69 Å². The molecule has 0 amide bonds. The van der Waals surface area contributed by atoms with Crippen LogP contribution in [-0.2, 0) is 0 Å². The van der Waals surface area contributed by atoms with Gasteiger partial charge in [-0.3, -0.25) is 0 Å². The molecule has 5 nitrogen and oxygen atoms in total. The summed E-state index contributed by atoms with van der Waals surface area (Å²) in [6.45, 7) is 3.95. The zero-order valence-corrected chi connectivity index (χ0v) is 9.01. The van der Waals surface area contributed by atoms with E-state index in [0.717, 1.165) is 16.8 Å². The molecule has 1 heterocycles. The standard InChI is InChI=1S/C11H11N3O2/c1-7-3-4-9(8(2)5-7)14-6-12-10(13-14)11(15)16/h3-6H,1-2H3,(H,15,16). The van der Waals surface area contributed by atoms with Gasteiger partial charge in [-0.15, -0.1) is 5.10 Å². The van der Waals surface area contributed by atoms with E-state index >= 15 is 0 Å². The number of carbonyl (C=O) groups is 1. The van der Waals surface area contributed by atoms with E-state index in [1.54, 1.807) is 0 Å². The molecule has 0 aliphatic rings. The molecule has 1 N–H and O–H groups in total. The SMILES string of the molecule is Cc1ccc(-n2cnc(C(=O)O)n2)c(C)c1. The van der Waals surface area contributed by atoms with Gasteiger partial charge in [-0.2, -0.15) is 0 Å². The smallest absolute Gasteiger partial charge is 0.375 e. The van der Waals surface area contributed by atoms with Crippen molar-refractivity contribution in [1.82, 2.24) is 14.8 Å². The third-order valence-electron chi connectivity index (χ3n) is 2.28. The summed E-state index contributed by atoms with van der Waals surface area (Å²) in [6.07, 6.45) is 1.40. The first kappa shape index (κ1) is 10.4. The van der Waals surface area contributed by atoms with Gasteiger partial charge in [0.15, 0.2) is 0 Å². The fourth-order valence-electron chi connectivity index (χ4n) is 1.54. The van der Waals surface area contributed by atoms with Gasteiger partial charge in [0.25, 0.3) is 5.82 Å². The van der Waals surface area contributed by atoms with Crippen LogP contribution >= 0.6 is 0 Å². The highest BCUT2D eigenvalue weighted by molar-refractivity contribution is 5.82. The van der Waals surface area contributed by atoms with Crippen LogP contribution in [0.15, 0.2) is 24.5 Å². The predicted octanol–water partition coefficient (Wildman–Crippen LogP) is 1.58. The second-order valence-corrected chi connectivity index (χ2v) is 3.61. The van der Waals surface area contributed by atoms with Crippen molar-refractivity contribution in [1.29, 1.82) is 0 Å². The molecule has 0 spiro atoms. The van der Waals surface area contributed by atoms with Crippen LogP contribution in [0.2, 0.25) is 0 Å². The number of carboxylic acids is 1. The highest BCUT2D eigenvalue weighted by Crippen LogP contribution is 2.14. The normalized spacial score (nSPS) is 10.4. The first-order valence-electron chi connectivity index (χ1n) is 4.80. The third kappa shape index (κ3) is 1.79. The molecule has 0 unspecified atom stereocenters. The van der Waals surface area contributed by atoms with Crippen LogP contribution in [0.3, 0.4) is 0 Å². The molecule has 82 valence electrons. The van der Waals surface area contributed by atoms with Crippen molar-refractivity contribution in [3.05, 3.63) is 41.5 Å². The Hall–Kier alpha value is -2.17. The number of hydrogen-bond acceptors (Lipinski definition) is 3. The molecule has 2 aromatic rings. The lowest BCUT2D eigenvalue weighted by Gasteiger charge is -2.05. The number of hydrogen-bond donors (Lipinski definition) is 1. The lowest BCUT2D eigenvalue weighted by molar-refractivity contribution is 0.0683. The van der Waals surface area contributed by atoms with Crippen molar-refractivity contribution in [2.24, 2.45) is 0 Å². The molecule has 5 heteroatoms. The van der Waals surface area contributed by atoms with Crippen molar-refractivity contribution in [2.75, 3.05) is 0 Å². The zero-order chi connectivity index (χ0) is 11.7. The van der Waals surface area contributed by atoms with Gasteiger partial charge in [-0.05, 0) is 25.5 Å². The maximum absolute atomic E-state index is 10.6. The van der Waals surface area contributed by atoms with Crippen LogP contribution in [0.4, 0.5) is 0 Å². The van der Waals surface area contributed by atoms with Crippen LogP contribution in [0.25, 0.3) is 5.69 Å². The Morgan fingerprint density at radius 2 is 2.12 bits per heavy atom. The van der Waals surface area contributed by atoms with E-state index in [1.165, 1.54) is 11.0 Å². The number of aromatic nitrogens is 3. The highest BCUT2D eigenvalue weighted by Gasteiger charge is 2.10. The monoisotopic (exact) mass is 217 g/mol. The molecule has 1 aromatic carbocycles. The Kier molecular flexibility index (Phi) is 2.44. The van der Waals surface area contributed by atoms with Gasteiger partial charge in [-0.25, -0.2) is 14.5 Å². The quantitative estimate of drug-likeness (QED) is 0.829. The second kappa shape index (κ2) is 3.77. The molecule has 0 atom stereocenters. The Morgan fingerprint density at radius 1 is 1.38 bits per heavy atom. The van der Waals surface area contributed by atoms with E-state index in [9.17, 15) is 4.79 Å². The molecule has 0 fully saturated rings. The fourth-order valence-corrected chi connectivity index (χ4v) is 1.54. The summed E-state index contributed by atoms with van der Waals surface area (Å²) in [5.41, 5.74) is 3.02. The summed E-state index contributed by atoms with van der Waals surface area (Å²) in [7, 11) is 0. The van der Waals surface area contributed by atoms with E-state index in [4.69, 9.17) is 5.11 Å². The molecule has 0 radical (unpaired) electrons. The molecule has 0 bridgehead atoms. The molecular weight excluding hydrogens is 206 g/mol. The molecule has 0 aliphatic heterocycles. The van der Waals surface area contributed by atoms with Crippen LogP contribution < -0.4 is 0 Å². The summed E-state index contributed by atoms with van der Waals surface area (Å²) < 4.78 is 1.47. The maximum Gasteiger partial charge on any atom is 0.375 e. The molecule has 2 rings (SSSR count). The fraction of sp³-hybridized carbons (Fsp3) is 0.182. The molecule has 0 saturated heterocycles. The Labute approximate surface area is 92.4 Å². The van der Waals surface area contributed by atoms with Crippen LogP contribution in [-0.4, -0.2) is 25.8 Å². The summed E-state index contributed by atoms with van der Waals surface area (Å²) in [5, 5.41) is 12.6. The van der Waals surface area contributed by atoms with Gasteiger partial charge in [-0.1, -0.05) is 17.7 Å². The molecule has 0 saturated carbocycles. The van der Waals surface area contributed by atoms with Crippen LogP contribution in [0.5, 0.6) is 0 Å². The summed E-state index contributed by atoms with van der Waals surface area (Å²) >= 11 is 0. The van der Waals surface area contributed by atoms with Crippen molar-refractivity contribution < 1.29 is 9.90 Å². The number of benzene rings is 1. The zero-order valence-electron chi connectivity index (χ0n) is 9.01. The van der Waals surface area contributed by atoms with Gasteiger partial charge in [0, 0.05) is 0 Å². The van der Waals surface area contributed by atoms with Crippen LogP contribution in [0, 0.1) is 13.8 Å². The predicted molar refractivity (Wildman–Crippen MR) is 57.8 cm³/mol. The van der Waals surface area contributed by atoms with Gasteiger partial charge < -0.3 is 5.11 Å². The Morgan fingerprint density at radius 3 is 2.69 bits per heavy atom. The average molecular weight is 217 g/mol. The van der Waals surface area contributed by atoms with E-state index in [1.807, 2.05) is 32.0 Å². The summed E-state index contributed by atoms with van der Waals surface area (Å²) in [4.78, 5) is 14.4. The third-order valence-corrected chi connectivity index (χ3v) is 2.28. The summed E-state index contributed by atoms with van der Waals surface area (Å²) in [5.74, 6) is -1.32. The van der Waals surface area contributed by atoms with E-state index in [0.29, 0.717) is 0 Å². The number of aromatic carboxylic acids is 1. The van der Waals surface area contributed by atoms with Crippen molar-refractivity contribution in [2.45, 2.75) is 13.8 Å². The van der Waals surface area contributed by atoms with E-state index in [-0.39, 0.29) is 5.82 Å². The number of rotatable bonds is 2. The van der Waals surface area contributed by atoms with E-state index < -0.39 is 5.97 Å². The topological polar surface area (TPSA) is 68.0 Å². The highest BCUT2D eigenvalue weighted by atomic mass is 16.4. The van der Waals surface area contributed by atoms with E-state index in [2.05, 4.69) is 10.1 Å². The second-order valence-electron chi connectivity index (χ2n) is 3.61. The van der Waals surface area contributed by atoms with Crippen molar-refractivity contribution in [3.63, 3.8) is 0 Å². The van der Waals surface area contributed by atoms with Gasteiger partial charge in [0.1, 0.15) is 6.33 Å². The minimum Gasteiger partial charge on any atom is -0.475 e. The van der Waals surface area contributed by atoms with Crippen molar-refractivity contribution in [3.8, 4) is 5.69 Å². The average Bonchev–Trinajstić information content (AvgIpc) is 2.66. The Balaban J connectivity index is 2.46. The molecule has 1 aromatic heterocycles. The summed E-state index contributed by atoms with van der Waals surface area (Å²) in [6, 6.07) is 5.85. The lowest BCUT2D eigenvalue weighted by Crippen LogP contribution is -2.02. The van der Waals surface area contributed by atoms with Crippen LogP contribution in [0.1, 0.15) is 21.7 Å².